The molecule has 8 nitrogen and oxygen atoms in total. The number of amides is 1. The molecule has 0 radical (unpaired) electrons. The lowest BCUT2D eigenvalue weighted by Crippen LogP contribution is -2.42. The third-order valence-electron chi connectivity index (χ3n) is 5.19. The minimum absolute atomic E-state index is 0.0699. The summed E-state index contributed by atoms with van der Waals surface area (Å²) in [5.74, 6) is 0.260. The number of carbonyl (C=O) groups excluding carboxylic acids is 1. The van der Waals surface area contributed by atoms with Gasteiger partial charge in [0.1, 0.15) is 0 Å². The summed E-state index contributed by atoms with van der Waals surface area (Å²) < 4.78 is 12.8. The monoisotopic (exact) mass is 409 g/mol. The van der Waals surface area contributed by atoms with Gasteiger partial charge in [-0.2, -0.15) is 10.1 Å². The summed E-state index contributed by atoms with van der Waals surface area (Å²) in [4.78, 5) is 19.1. The van der Waals surface area contributed by atoms with Gasteiger partial charge in [-0.25, -0.2) is 4.68 Å². The standard InChI is InChI=1S/C22H27N5O3/c1-16-14-20(30-15-19(28)23-8-9-26-10-12-29-13-11-26)24-22-21(16)17(2)25-27(22)18-6-4-3-5-7-18/h3-7,14H,8-13,15H2,1-2H3,(H,23,28). The molecule has 1 N–H and O–H groups in total. The molecule has 1 aliphatic heterocycles. The Morgan fingerprint density at radius 3 is 2.73 bits per heavy atom. The van der Waals surface area contributed by atoms with Crippen LogP contribution in [0.5, 0.6) is 5.88 Å². The molecule has 1 amide bonds. The van der Waals surface area contributed by atoms with E-state index in [4.69, 9.17) is 9.47 Å². The number of morpholine rings is 1. The maximum Gasteiger partial charge on any atom is 0.258 e. The number of ether oxygens (including phenoxy) is 2. The topological polar surface area (TPSA) is 81.5 Å². The fourth-order valence-electron chi connectivity index (χ4n) is 3.67. The Labute approximate surface area is 175 Å². The van der Waals surface area contributed by atoms with Crippen LogP contribution in [0.1, 0.15) is 11.3 Å². The quantitative estimate of drug-likeness (QED) is 0.642. The molecule has 0 atom stereocenters. The van der Waals surface area contributed by atoms with Crippen molar-refractivity contribution in [2.75, 3.05) is 46.0 Å². The summed E-state index contributed by atoms with van der Waals surface area (Å²) in [5.41, 5.74) is 3.58. The van der Waals surface area contributed by atoms with Crippen molar-refractivity contribution < 1.29 is 14.3 Å². The van der Waals surface area contributed by atoms with Gasteiger partial charge < -0.3 is 14.8 Å². The number of para-hydroxylation sites is 1. The molecular weight excluding hydrogens is 382 g/mol. The van der Waals surface area contributed by atoms with Gasteiger partial charge in [0.05, 0.1) is 24.6 Å². The van der Waals surface area contributed by atoms with Crippen LogP contribution in [0.25, 0.3) is 16.7 Å². The Bertz CT molecular complexity index is 1010. The zero-order valence-corrected chi connectivity index (χ0v) is 17.4. The molecule has 4 rings (SSSR count). The number of nitrogens with one attached hydrogen (secondary N) is 1. The molecular formula is C22H27N5O3. The van der Waals surface area contributed by atoms with E-state index in [1.165, 1.54) is 0 Å². The fourth-order valence-corrected chi connectivity index (χ4v) is 3.67. The zero-order chi connectivity index (χ0) is 20.9. The number of benzene rings is 1. The molecule has 1 fully saturated rings. The van der Waals surface area contributed by atoms with Crippen molar-refractivity contribution in [1.82, 2.24) is 25.0 Å². The second-order valence-corrected chi connectivity index (χ2v) is 7.40. The Morgan fingerprint density at radius 2 is 1.97 bits per heavy atom. The first-order valence-corrected chi connectivity index (χ1v) is 10.2. The van der Waals surface area contributed by atoms with Crippen LogP contribution in [0.15, 0.2) is 36.4 Å². The number of hydrogen-bond donors (Lipinski definition) is 1. The molecule has 30 heavy (non-hydrogen) atoms. The number of pyridine rings is 1. The lowest BCUT2D eigenvalue weighted by atomic mass is 10.2. The minimum Gasteiger partial charge on any atom is -0.468 e. The van der Waals surface area contributed by atoms with Crippen LogP contribution in [0.2, 0.25) is 0 Å². The predicted molar refractivity (Wildman–Crippen MR) is 114 cm³/mol. The van der Waals surface area contributed by atoms with Crippen molar-refractivity contribution in [1.29, 1.82) is 0 Å². The average molecular weight is 409 g/mol. The van der Waals surface area contributed by atoms with Gasteiger partial charge in [0.2, 0.25) is 5.88 Å². The van der Waals surface area contributed by atoms with Gasteiger partial charge in [0.15, 0.2) is 12.3 Å². The van der Waals surface area contributed by atoms with E-state index >= 15 is 0 Å². The first-order valence-electron chi connectivity index (χ1n) is 10.2. The number of hydrogen-bond acceptors (Lipinski definition) is 6. The smallest absolute Gasteiger partial charge is 0.258 e. The second-order valence-electron chi connectivity index (χ2n) is 7.40. The fraction of sp³-hybridized carbons (Fsp3) is 0.409. The zero-order valence-electron chi connectivity index (χ0n) is 17.4. The molecule has 2 aromatic heterocycles. The van der Waals surface area contributed by atoms with Crippen molar-refractivity contribution in [2.24, 2.45) is 0 Å². The van der Waals surface area contributed by atoms with Crippen molar-refractivity contribution in [3.8, 4) is 11.6 Å². The molecule has 1 aliphatic rings. The highest BCUT2D eigenvalue weighted by molar-refractivity contribution is 5.84. The summed E-state index contributed by atoms with van der Waals surface area (Å²) >= 11 is 0. The molecule has 1 saturated heterocycles. The summed E-state index contributed by atoms with van der Waals surface area (Å²) in [5, 5.41) is 8.55. The van der Waals surface area contributed by atoms with E-state index in [0.717, 1.165) is 60.8 Å². The van der Waals surface area contributed by atoms with Crippen LogP contribution in [-0.2, 0) is 9.53 Å². The molecule has 0 saturated carbocycles. The molecule has 3 aromatic rings. The first kappa shape index (κ1) is 20.3. The molecule has 0 unspecified atom stereocenters. The molecule has 8 heteroatoms. The van der Waals surface area contributed by atoms with Crippen LogP contribution < -0.4 is 10.1 Å². The number of fused-ring (bicyclic) bond motifs is 1. The van der Waals surface area contributed by atoms with E-state index < -0.39 is 0 Å². The number of aryl methyl sites for hydroxylation is 2. The predicted octanol–water partition coefficient (Wildman–Crippen LogP) is 1.86. The average Bonchev–Trinajstić information content (AvgIpc) is 3.10. The second kappa shape index (κ2) is 9.23. The minimum atomic E-state index is -0.157. The lowest BCUT2D eigenvalue weighted by molar-refractivity contribution is -0.123. The van der Waals surface area contributed by atoms with Gasteiger partial charge in [-0.05, 0) is 31.5 Å². The molecule has 3 heterocycles. The third kappa shape index (κ3) is 4.60. The maximum absolute atomic E-state index is 12.2. The Kier molecular flexibility index (Phi) is 6.25. The number of rotatable bonds is 7. The van der Waals surface area contributed by atoms with E-state index in [1.807, 2.05) is 54.9 Å². The molecule has 0 spiro atoms. The van der Waals surface area contributed by atoms with Gasteiger partial charge in [0.25, 0.3) is 5.91 Å². The van der Waals surface area contributed by atoms with Crippen LogP contribution in [0.3, 0.4) is 0 Å². The van der Waals surface area contributed by atoms with Crippen molar-refractivity contribution in [2.45, 2.75) is 13.8 Å². The van der Waals surface area contributed by atoms with Crippen molar-refractivity contribution >= 4 is 16.9 Å². The van der Waals surface area contributed by atoms with Gasteiger partial charge >= 0.3 is 0 Å². The van der Waals surface area contributed by atoms with Gasteiger partial charge in [-0.3, -0.25) is 9.69 Å². The Hall–Kier alpha value is -2.97. The SMILES string of the molecule is Cc1cc(OCC(=O)NCCN2CCOCC2)nc2c1c(C)nn2-c1ccccc1. The summed E-state index contributed by atoms with van der Waals surface area (Å²) in [6.45, 7) is 8.63. The lowest BCUT2D eigenvalue weighted by Gasteiger charge is -2.26. The van der Waals surface area contributed by atoms with Crippen LogP contribution in [0, 0.1) is 13.8 Å². The highest BCUT2D eigenvalue weighted by Gasteiger charge is 2.15. The number of aromatic nitrogens is 3. The van der Waals surface area contributed by atoms with Crippen molar-refractivity contribution in [3.05, 3.63) is 47.7 Å². The molecule has 1 aromatic carbocycles. The van der Waals surface area contributed by atoms with Gasteiger partial charge in [-0.15, -0.1) is 0 Å². The summed E-state index contributed by atoms with van der Waals surface area (Å²) in [6, 6.07) is 11.7. The molecule has 0 bridgehead atoms. The highest BCUT2D eigenvalue weighted by Crippen LogP contribution is 2.26. The van der Waals surface area contributed by atoms with E-state index in [-0.39, 0.29) is 12.5 Å². The van der Waals surface area contributed by atoms with E-state index in [2.05, 4.69) is 20.3 Å². The first-order chi connectivity index (χ1) is 14.6. The van der Waals surface area contributed by atoms with Crippen molar-refractivity contribution in [3.63, 3.8) is 0 Å². The maximum atomic E-state index is 12.2. The molecule has 158 valence electrons. The van der Waals surface area contributed by atoms with Crippen LogP contribution in [0.4, 0.5) is 0 Å². The van der Waals surface area contributed by atoms with E-state index in [1.54, 1.807) is 0 Å². The number of nitrogens with zero attached hydrogens (tertiary/aromatic N) is 4. The van der Waals surface area contributed by atoms with Crippen LogP contribution >= 0.6 is 0 Å². The normalized spacial score (nSPS) is 14.7. The van der Waals surface area contributed by atoms with Crippen LogP contribution in [-0.4, -0.2) is 71.6 Å². The highest BCUT2D eigenvalue weighted by atomic mass is 16.5. The van der Waals surface area contributed by atoms with E-state index in [9.17, 15) is 4.79 Å². The van der Waals surface area contributed by atoms with E-state index in [0.29, 0.717) is 12.4 Å². The Morgan fingerprint density at radius 1 is 1.20 bits per heavy atom. The Balaban J connectivity index is 1.41. The van der Waals surface area contributed by atoms with Gasteiger partial charge in [-0.1, -0.05) is 18.2 Å². The number of carbonyl (C=O) groups is 1. The van der Waals surface area contributed by atoms with Gasteiger partial charge in [0, 0.05) is 37.6 Å². The molecule has 0 aliphatic carbocycles. The summed E-state index contributed by atoms with van der Waals surface area (Å²) in [7, 11) is 0. The summed E-state index contributed by atoms with van der Waals surface area (Å²) in [6.07, 6.45) is 0. The third-order valence-corrected chi connectivity index (χ3v) is 5.19. The largest absolute Gasteiger partial charge is 0.468 e.